The van der Waals surface area contributed by atoms with Crippen molar-refractivity contribution in [3.8, 4) is 5.69 Å². The zero-order valence-corrected chi connectivity index (χ0v) is 14.9. The fourth-order valence-electron chi connectivity index (χ4n) is 1.95. The van der Waals surface area contributed by atoms with Crippen LogP contribution in [0.15, 0.2) is 36.8 Å². The average molecular weight is 360 g/mol. The van der Waals surface area contributed by atoms with Gasteiger partial charge in [0.1, 0.15) is 5.69 Å². The van der Waals surface area contributed by atoms with Crippen LogP contribution in [-0.4, -0.2) is 32.8 Å². The number of carbonyl (C=O) groups excluding carboxylic acids is 1. The van der Waals surface area contributed by atoms with Gasteiger partial charge in [0.05, 0.1) is 5.69 Å². The molecule has 0 aliphatic rings. The van der Waals surface area contributed by atoms with Gasteiger partial charge in [0.15, 0.2) is 0 Å². The fraction of sp³-hybridized carbons (Fsp3) is 0.400. The Morgan fingerprint density at radius 1 is 1.30 bits per heavy atom. The summed E-state index contributed by atoms with van der Waals surface area (Å²) in [4.78, 5) is 16.3. The smallest absolute Gasteiger partial charge is 0.270 e. The Bertz CT molecular complexity index is 600. The summed E-state index contributed by atoms with van der Waals surface area (Å²) in [5.41, 5.74) is 6.97. The van der Waals surface area contributed by atoms with Crippen LogP contribution >= 0.6 is 24.8 Å². The topological polar surface area (TPSA) is 85.8 Å². The monoisotopic (exact) mass is 359 g/mol. The van der Waals surface area contributed by atoms with Gasteiger partial charge in [0.25, 0.3) is 5.91 Å². The predicted octanol–water partition coefficient (Wildman–Crippen LogP) is 2.36. The summed E-state index contributed by atoms with van der Waals surface area (Å²) in [6.07, 6.45) is 6.72. The second-order valence-electron chi connectivity index (χ2n) is 5.10. The van der Waals surface area contributed by atoms with Crippen LogP contribution in [0.4, 0.5) is 0 Å². The van der Waals surface area contributed by atoms with E-state index >= 15 is 0 Å². The highest BCUT2D eigenvalue weighted by molar-refractivity contribution is 5.92. The number of amides is 1. The molecule has 2 heterocycles. The number of rotatable bonds is 6. The van der Waals surface area contributed by atoms with Gasteiger partial charge in [-0.2, -0.15) is 5.10 Å². The number of halogens is 2. The summed E-state index contributed by atoms with van der Waals surface area (Å²) in [5, 5.41) is 6.99. The second-order valence-corrected chi connectivity index (χ2v) is 5.10. The maximum Gasteiger partial charge on any atom is 0.270 e. The summed E-state index contributed by atoms with van der Waals surface area (Å²) in [5.74, 6) is -0.222. The molecule has 2 aromatic rings. The molecule has 2 aromatic heterocycles. The van der Waals surface area contributed by atoms with Crippen LogP contribution in [0.25, 0.3) is 5.69 Å². The maximum atomic E-state index is 12.2. The minimum absolute atomic E-state index is 0. The number of hydrogen-bond acceptors (Lipinski definition) is 4. The van der Waals surface area contributed by atoms with Gasteiger partial charge in [-0.3, -0.25) is 9.78 Å². The van der Waals surface area contributed by atoms with Crippen LogP contribution in [0.3, 0.4) is 0 Å². The Kier molecular flexibility index (Phi) is 8.82. The van der Waals surface area contributed by atoms with Crippen LogP contribution in [0.1, 0.15) is 37.2 Å². The summed E-state index contributed by atoms with van der Waals surface area (Å²) in [6, 6.07) is 5.33. The molecule has 0 atom stereocenters. The molecule has 0 saturated carbocycles. The first-order valence-corrected chi connectivity index (χ1v) is 7.11. The van der Waals surface area contributed by atoms with E-state index in [9.17, 15) is 4.79 Å². The lowest BCUT2D eigenvalue weighted by molar-refractivity contribution is 0.0937. The number of aromatic nitrogens is 3. The van der Waals surface area contributed by atoms with Gasteiger partial charge in [-0.1, -0.05) is 13.8 Å². The number of nitrogens with two attached hydrogens (primary N) is 1. The largest absolute Gasteiger partial charge is 0.349 e. The number of nitrogens with one attached hydrogen (secondary N) is 1. The molecule has 1 amide bonds. The van der Waals surface area contributed by atoms with Gasteiger partial charge in [0, 0.05) is 30.7 Å². The molecule has 0 aliphatic carbocycles. The predicted molar refractivity (Wildman–Crippen MR) is 95.7 cm³/mol. The lowest BCUT2D eigenvalue weighted by Gasteiger charge is -2.26. The lowest BCUT2D eigenvalue weighted by Crippen LogP contribution is -2.49. The van der Waals surface area contributed by atoms with Gasteiger partial charge in [-0.15, -0.1) is 24.8 Å². The SMILES string of the molecule is CCC(N)(CC)CNC(=O)c1cc(-n2cccn2)ccn1.Cl.Cl. The van der Waals surface area contributed by atoms with Crippen molar-refractivity contribution in [2.75, 3.05) is 6.54 Å². The highest BCUT2D eigenvalue weighted by atomic mass is 35.5. The summed E-state index contributed by atoms with van der Waals surface area (Å²) in [6.45, 7) is 4.48. The zero-order valence-electron chi connectivity index (χ0n) is 13.2. The Morgan fingerprint density at radius 3 is 2.57 bits per heavy atom. The van der Waals surface area contributed by atoms with Crippen molar-refractivity contribution in [2.24, 2.45) is 5.73 Å². The number of nitrogens with zero attached hydrogens (tertiary/aromatic N) is 3. The van der Waals surface area contributed by atoms with Crippen molar-refractivity contribution in [1.82, 2.24) is 20.1 Å². The van der Waals surface area contributed by atoms with Crippen molar-refractivity contribution < 1.29 is 4.79 Å². The molecular formula is C15H23Cl2N5O. The number of carbonyl (C=O) groups is 1. The van der Waals surface area contributed by atoms with Gasteiger partial charge >= 0.3 is 0 Å². The Balaban J connectivity index is 0.00000242. The average Bonchev–Trinajstić information content (AvgIpc) is 3.07. The quantitative estimate of drug-likeness (QED) is 0.828. The first-order valence-electron chi connectivity index (χ1n) is 7.11. The van der Waals surface area contributed by atoms with Crippen molar-refractivity contribution in [2.45, 2.75) is 32.2 Å². The molecule has 0 aliphatic heterocycles. The zero-order chi connectivity index (χ0) is 15.3. The van der Waals surface area contributed by atoms with E-state index in [-0.39, 0.29) is 36.3 Å². The molecule has 0 unspecified atom stereocenters. The molecule has 0 bridgehead atoms. The Labute approximate surface area is 148 Å². The van der Waals surface area contributed by atoms with Gasteiger partial charge < -0.3 is 11.1 Å². The van der Waals surface area contributed by atoms with E-state index < -0.39 is 0 Å². The third-order valence-electron chi connectivity index (χ3n) is 3.75. The molecule has 0 saturated heterocycles. The molecule has 2 rings (SSSR count). The molecular weight excluding hydrogens is 337 g/mol. The third kappa shape index (κ3) is 5.49. The standard InChI is InChI=1S/C15H21N5O.2ClH/c1-3-15(16,4-2)11-18-14(21)13-10-12(6-8-17-13)20-9-5-7-19-20;;/h5-10H,3-4,11,16H2,1-2H3,(H,18,21);2*1H. The first-order chi connectivity index (χ1) is 10.1. The van der Waals surface area contributed by atoms with E-state index in [1.54, 1.807) is 29.2 Å². The van der Waals surface area contributed by atoms with Crippen LogP contribution in [-0.2, 0) is 0 Å². The van der Waals surface area contributed by atoms with Crippen LogP contribution in [0.2, 0.25) is 0 Å². The molecule has 23 heavy (non-hydrogen) atoms. The van der Waals surface area contributed by atoms with E-state index in [0.717, 1.165) is 18.5 Å². The van der Waals surface area contributed by atoms with E-state index in [1.807, 2.05) is 26.1 Å². The van der Waals surface area contributed by atoms with Crippen LogP contribution < -0.4 is 11.1 Å². The minimum atomic E-state index is -0.366. The highest BCUT2D eigenvalue weighted by Crippen LogP contribution is 2.11. The van der Waals surface area contributed by atoms with Gasteiger partial charge in [-0.25, -0.2) is 4.68 Å². The minimum Gasteiger partial charge on any atom is -0.349 e. The summed E-state index contributed by atoms with van der Waals surface area (Å²) < 4.78 is 1.68. The second kappa shape index (κ2) is 9.50. The van der Waals surface area contributed by atoms with E-state index in [2.05, 4.69) is 15.4 Å². The molecule has 0 radical (unpaired) electrons. The summed E-state index contributed by atoms with van der Waals surface area (Å²) in [7, 11) is 0. The van der Waals surface area contributed by atoms with Crippen LogP contribution in [0, 0.1) is 0 Å². The van der Waals surface area contributed by atoms with Crippen molar-refractivity contribution in [3.05, 3.63) is 42.5 Å². The normalized spacial score (nSPS) is 10.4. The molecule has 8 heteroatoms. The molecule has 0 fully saturated rings. The molecule has 0 aromatic carbocycles. The lowest BCUT2D eigenvalue weighted by atomic mass is 9.94. The van der Waals surface area contributed by atoms with Crippen molar-refractivity contribution in [1.29, 1.82) is 0 Å². The molecule has 128 valence electrons. The Morgan fingerprint density at radius 2 is 2.00 bits per heavy atom. The molecule has 3 N–H and O–H groups in total. The highest BCUT2D eigenvalue weighted by Gasteiger charge is 2.21. The van der Waals surface area contributed by atoms with Gasteiger partial charge in [0.2, 0.25) is 0 Å². The third-order valence-corrected chi connectivity index (χ3v) is 3.75. The van der Waals surface area contributed by atoms with E-state index in [1.165, 1.54) is 0 Å². The number of pyridine rings is 1. The first kappa shape index (κ1) is 21.4. The van der Waals surface area contributed by atoms with Crippen LogP contribution in [0.5, 0.6) is 0 Å². The maximum absolute atomic E-state index is 12.2. The fourth-order valence-corrected chi connectivity index (χ4v) is 1.95. The van der Waals surface area contributed by atoms with Gasteiger partial charge in [-0.05, 0) is 31.0 Å². The Hall–Kier alpha value is -1.63. The molecule has 0 spiro atoms. The van der Waals surface area contributed by atoms with Crippen molar-refractivity contribution in [3.63, 3.8) is 0 Å². The van der Waals surface area contributed by atoms with E-state index in [4.69, 9.17) is 5.73 Å². The molecule has 6 nitrogen and oxygen atoms in total. The summed E-state index contributed by atoms with van der Waals surface area (Å²) >= 11 is 0. The van der Waals surface area contributed by atoms with E-state index in [0.29, 0.717) is 12.2 Å². The van der Waals surface area contributed by atoms with Crippen molar-refractivity contribution >= 4 is 30.7 Å². The number of hydrogen-bond donors (Lipinski definition) is 2.